The van der Waals surface area contributed by atoms with Crippen LogP contribution in [0.25, 0.3) is 10.9 Å². The highest BCUT2D eigenvalue weighted by molar-refractivity contribution is 9.10. The Morgan fingerprint density at radius 2 is 2.05 bits per heavy atom. The molecule has 5 nitrogen and oxygen atoms in total. The van der Waals surface area contributed by atoms with Crippen molar-refractivity contribution in [2.75, 3.05) is 25.1 Å². The molecule has 1 aromatic carbocycles. The van der Waals surface area contributed by atoms with Crippen LogP contribution in [0, 0.1) is 0 Å². The number of hydrogen-bond acceptors (Lipinski definition) is 5. The Bertz CT molecular complexity index is 642. The van der Waals surface area contributed by atoms with Crippen LogP contribution < -0.4 is 4.90 Å². The lowest BCUT2D eigenvalue weighted by atomic mass is 10.2. The van der Waals surface area contributed by atoms with E-state index in [1.165, 1.54) is 4.90 Å². The average Bonchev–Trinajstić information content (AvgIpc) is 2.45. The molecule has 0 saturated heterocycles. The zero-order valence-corrected chi connectivity index (χ0v) is 12.8. The van der Waals surface area contributed by atoms with Crippen LogP contribution in [-0.4, -0.2) is 46.5 Å². The van der Waals surface area contributed by atoms with Crippen molar-refractivity contribution in [1.29, 1.82) is 0 Å². The second-order valence-electron chi connectivity index (χ2n) is 4.58. The number of halogens is 3. The van der Waals surface area contributed by atoms with Gasteiger partial charge in [-0.1, -0.05) is 15.9 Å². The molecule has 0 bridgehead atoms. The normalized spacial score (nSPS) is 12.9. The summed E-state index contributed by atoms with van der Waals surface area (Å²) in [6.07, 6.45) is -3.77. The Morgan fingerprint density at radius 3 is 2.67 bits per heavy atom. The fraction of sp³-hybridized carbons (Fsp3) is 0.385. The Labute approximate surface area is 128 Å². The van der Waals surface area contributed by atoms with Crippen LogP contribution in [-0.2, 0) is 0 Å². The van der Waals surface area contributed by atoms with Crippen LogP contribution >= 0.6 is 15.9 Å². The first-order valence-electron chi connectivity index (χ1n) is 6.17. The van der Waals surface area contributed by atoms with Gasteiger partial charge in [0.1, 0.15) is 5.82 Å². The van der Waals surface area contributed by atoms with Crippen molar-refractivity contribution < 1.29 is 19.0 Å². The molecular weight excluding hydrogens is 348 g/mol. The number of hydrogen-bond donors (Lipinski definition) is 2. The molecule has 114 valence electrons. The molecule has 2 N–H and O–H groups in total. The highest BCUT2D eigenvalue weighted by Crippen LogP contribution is 2.29. The maximum atomic E-state index is 12.9. The fourth-order valence-electron chi connectivity index (χ4n) is 1.95. The molecule has 2 aromatic rings. The number of alkyl halides is 2. The maximum absolute atomic E-state index is 12.9. The molecule has 0 aliphatic heterocycles. The van der Waals surface area contributed by atoms with Crippen LogP contribution in [0.15, 0.2) is 22.7 Å². The quantitative estimate of drug-likeness (QED) is 0.853. The lowest BCUT2D eigenvalue weighted by Gasteiger charge is -2.22. The topological polar surface area (TPSA) is 69.5 Å². The van der Waals surface area contributed by atoms with Gasteiger partial charge in [-0.15, -0.1) is 0 Å². The molecule has 2 rings (SSSR count). The van der Waals surface area contributed by atoms with E-state index in [0.29, 0.717) is 10.9 Å². The average molecular weight is 362 g/mol. The van der Waals surface area contributed by atoms with Crippen molar-refractivity contribution in [3.8, 4) is 0 Å². The van der Waals surface area contributed by atoms with Gasteiger partial charge in [-0.3, -0.25) is 0 Å². The Morgan fingerprint density at radius 1 is 1.33 bits per heavy atom. The summed E-state index contributed by atoms with van der Waals surface area (Å²) < 4.78 is 26.6. The van der Waals surface area contributed by atoms with Crippen LogP contribution in [0.3, 0.4) is 0 Å². The molecule has 0 unspecified atom stereocenters. The van der Waals surface area contributed by atoms with Crippen molar-refractivity contribution in [2.24, 2.45) is 0 Å². The van der Waals surface area contributed by atoms with E-state index < -0.39 is 25.0 Å². The highest BCUT2D eigenvalue weighted by Gasteiger charge is 2.18. The number of likely N-dealkylation sites (N-methyl/N-ethyl adjacent to an activating group) is 1. The van der Waals surface area contributed by atoms with Crippen LogP contribution in [0.5, 0.6) is 0 Å². The van der Waals surface area contributed by atoms with Crippen molar-refractivity contribution in [3.63, 3.8) is 0 Å². The molecule has 21 heavy (non-hydrogen) atoms. The van der Waals surface area contributed by atoms with E-state index in [0.717, 1.165) is 4.47 Å². The summed E-state index contributed by atoms with van der Waals surface area (Å²) in [5.74, 6) is -0.283. The second kappa shape index (κ2) is 6.59. The number of benzene rings is 1. The van der Waals surface area contributed by atoms with E-state index in [2.05, 4.69) is 25.9 Å². The number of aromatic nitrogens is 2. The molecule has 0 fully saturated rings. The van der Waals surface area contributed by atoms with Gasteiger partial charge < -0.3 is 15.1 Å². The summed E-state index contributed by atoms with van der Waals surface area (Å²) >= 11 is 3.32. The second-order valence-corrected chi connectivity index (χ2v) is 5.50. The summed E-state index contributed by atoms with van der Waals surface area (Å²) in [5.41, 5.74) is 0.392. The number of rotatable bonds is 5. The first-order valence-corrected chi connectivity index (χ1v) is 6.97. The molecule has 0 aliphatic carbocycles. The summed E-state index contributed by atoms with van der Waals surface area (Å²) in [5, 5.41) is 19.0. The third-order valence-electron chi connectivity index (χ3n) is 2.91. The minimum atomic E-state index is -2.78. The fourth-order valence-corrected chi connectivity index (χ4v) is 2.31. The zero-order chi connectivity index (χ0) is 15.6. The Kier molecular flexibility index (Phi) is 5.02. The van der Waals surface area contributed by atoms with Crippen molar-refractivity contribution in [2.45, 2.75) is 12.5 Å². The number of fused-ring (bicyclic) bond motifs is 1. The van der Waals surface area contributed by atoms with Gasteiger partial charge in [0.2, 0.25) is 0 Å². The predicted molar refractivity (Wildman–Crippen MR) is 78.6 cm³/mol. The van der Waals surface area contributed by atoms with Crippen molar-refractivity contribution in [1.82, 2.24) is 9.97 Å². The van der Waals surface area contributed by atoms with Gasteiger partial charge in [-0.25, -0.2) is 18.7 Å². The Hall–Kier alpha value is -1.38. The largest absolute Gasteiger partial charge is 0.394 e. The van der Waals surface area contributed by atoms with Gasteiger partial charge >= 0.3 is 0 Å². The number of aliphatic hydroxyl groups is 2. The molecule has 0 aliphatic rings. The lowest BCUT2D eigenvalue weighted by molar-refractivity contribution is 0.101. The number of nitrogens with zero attached hydrogens (tertiary/aromatic N) is 3. The van der Waals surface area contributed by atoms with Gasteiger partial charge in [-0.05, 0) is 18.2 Å². The van der Waals surface area contributed by atoms with Crippen LogP contribution in [0.2, 0.25) is 0 Å². The first-order chi connectivity index (χ1) is 9.92. The number of anilines is 1. The molecule has 8 heteroatoms. The van der Waals surface area contributed by atoms with Gasteiger partial charge in [0.25, 0.3) is 6.43 Å². The lowest BCUT2D eigenvalue weighted by Crippen LogP contribution is -2.32. The molecule has 0 radical (unpaired) electrons. The van der Waals surface area contributed by atoms with Crippen molar-refractivity contribution >= 4 is 32.7 Å². The van der Waals surface area contributed by atoms with E-state index in [4.69, 9.17) is 5.11 Å². The van der Waals surface area contributed by atoms with Crippen molar-refractivity contribution in [3.05, 3.63) is 28.5 Å². The molecular formula is C13H14BrF2N3O2. The molecule has 1 aromatic heterocycles. The molecule has 0 spiro atoms. The van der Waals surface area contributed by atoms with Gasteiger partial charge in [-0.2, -0.15) is 0 Å². The van der Waals surface area contributed by atoms with Gasteiger partial charge in [0.15, 0.2) is 5.82 Å². The summed E-state index contributed by atoms with van der Waals surface area (Å²) in [6, 6.07) is 5.05. The monoisotopic (exact) mass is 361 g/mol. The standard InChI is InChI=1S/C13H14BrF2N3O2/c1-19(5-8(21)6-20)13-9-4-7(14)2-3-10(9)17-12(18-13)11(15)16/h2-4,8,11,20-21H,5-6H2,1H3/t8-/m0/s1. The summed E-state index contributed by atoms with van der Waals surface area (Å²) in [7, 11) is 1.61. The van der Waals surface area contributed by atoms with E-state index in [-0.39, 0.29) is 12.4 Å². The summed E-state index contributed by atoms with van der Waals surface area (Å²) in [4.78, 5) is 9.23. The third-order valence-corrected chi connectivity index (χ3v) is 3.40. The van der Waals surface area contributed by atoms with E-state index in [1.807, 2.05) is 0 Å². The van der Waals surface area contributed by atoms with E-state index in [9.17, 15) is 13.9 Å². The van der Waals surface area contributed by atoms with Crippen LogP contribution in [0.1, 0.15) is 12.2 Å². The van der Waals surface area contributed by atoms with Gasteiger partial charge in [0, 0.05) is 23.5 Å². The zero-order valence-electron chi connectivity index (χ0n) is 11.2. The predicted octanol–water partition coefficient (Wildman–Crippen LogP) is 2.12. The van der Waals surface area contributed by atoms with Crippen LogP contribution in [0.4, 0.5) is 14.6 Å². The molecule has 0 saturated carbocycles. The summed E-state index contributed by atoms with van der Waals surface area (Å²) in [6.45, 7) is -0.351. The van der Waals surface area contributed by atoms with Gasteiger partial charge in [0.05, 0.1) is 18.2 Å². The molecule has 1 atom stereocenters. The Balaban J connectivity index is 2.55. The number of aliphatic hydroxyl groups excluding tert-OH is 2. The molecule has 0 amide bonds. The first kappa shape index (κ1) is 16.0. The maximum Gasteiger partial charge on any atom is 0.297 e. The SMILES string of the molecule is CN(C[C@H](O)CO)c1nc(C(F)F)nc2ccc(Br)cc12. The minimum absolute atomic E-state index is 0.0673. The minimum Gasteiger partial charge on any atom is -0.394 e. The highest BCUT2D eigenvalue weighted by atomic mass is 79.9. The third kappa shape index (κ3) is 3.63. The van der Waals surface area contributed by atoms with E-state index >= 15 is 0 Å². The molecule has 1 heterocycles. The smallest absolute Gasteiger partial charge is 0.297 e. The van der Waals surface area contributed by atoms with E-state index in [1.54, 1.807) is 25.2 Å².